The van der Waals surface area contributed by atoms with Gasteiger partial charge in [0.1, 0.15) is 0 Å². The third-order valence-electron chi connectivity index (χ3n) is 3.07. The maximum atomic E-state index is 11.8. The normalized spacial score (nSPS) is 20.6. The number of ether oxygens (including phenoxy) is 2. The van der Waals surface area contributed by atoms with Gasteiger partial charge in [0.15, 0.2) is 5.60 Å². The molecule has 0 saturated carbocycles. The first-order valence-electron chi connectivity index (χ1n) is 6.61. The van der Waals surface area contributed by atoms with Gasteiger partial charge in [0.25, 0.3) is 0 Å². The van der Waals surface area contributed by atoms with Gasteiger partial charge in [-0.25, -0.2) is 9.59 Å². The number of carbonyl (C=O) groups excluding carboxylic acids is 2. The SMILES string of the molecule is CCOC(=O)OC(=O)C1(O)C=CC(c2ccccc2)=CC1. The summed E-state index contributed by atoms with van der Waals surface area (Å²) in [6.07, 6.45) is 3.61. The van der Waals surface area contributed by atoms with E-state index in [0.29, 0.717) is 0 Å². The fourth-order valence-corrected chi connectivity index (χ4v) is 1.94. The zero-order chi connectivity index (χ0) is 15.3. The van der Waals surface area contributed by atoms with Gasteiger partial charge >= 0.3 is 12.1 Å². The molecule has 1 aliphatic rings. The van der Waals surface area contributed by atoms with E-state index in [2.05, 4.69) is 9.47 Å². The molecule has 0 bridgehead atoms. The van der Waals surface area contributed by atoms with Gasteiger partial charge in [0, 0.05) is 6.42 Å². The lowest BCUT2D eigenvalue weighted by atomic mass is 9.89. The summed E-state index contributed by atoms with van der Waals surface area (Å²) in [6.45, 7) is 1.69. The number of hydrogen-bond acceptors (Lipinski definition) is 5. The van der Waals surface area contributed by atoms with Crippen LogP contribution in [0.2, 0.25) is 0 Å². The van der Waals surface area contributed by atoms with E-state index in [-0.39, 0.29) is 13.0 Å². The molecular weight excluding hydrogens is 272 g/mol. The Balaban J connectivity index is 2.05. The van der Waals surface area contributed by atoms with Crippen LogP contribution in [0.3, 0.4) is 0 Å². The van der Waals surface area contributed by atoms with Crippen molar-refractivity contribution in [2.45, 2.75) is 18.9 Å². The van der Waals surface area contributed by atoms with Crippen molar-refractivity contribution >= 4 is 17.7 Å². The van der Waals surface area contributed by atoms with Crippen molar-refractivity contribution in [1.82, 2.24) is 0 Å². The maximum Gasteiger partial charge on any atom is 0.516 e. The molecule has 1 atom stereocenters. The summed E-state index contributed by atoms with van der Waals surface area (Å²) in [5.41, 5.74) is 0.0316. The monoisotopic (exact) mass is 288 g/mol. The Labute approximate surface area is 122 Å². The van der Waals surface area contributed by atoms with Crippen LogP contribution in [0.1, 0.15) is 18.9 Å². The molecule has 1 N–H and O–H groups in total. The van der Waals surface area contributed by atoms with Crippen LogP contribution in [-0.2, 0) is 14.3 Å². The zero-order valence-corrected chi connectivity index (χ0v) is 11.6. The third-order valence-corrected chi connectivity index (χ3v) is 3.07. The number of hydrogen-bond donors (Lipinski definition) is 1. The zero-order valence-electron chi connectivity index (χ0n) is 11.6. The fourth-order valence-electron chi connectivity index (χ4n) is 1.94. The Bertz CT molecular complexity index is 588. The van der Waals surface area contributed by atoms with E-state index >= 15 is 0 Å². The highest BCUT2D eigenvalue weighted by Crippen LogP contribution is 2.27. The highest BCUT2D eigenvalue weighted by Gasteiger charge is 2.37. The van der Waals surface area contributed by atoms with Crippen LogP contribution >= 0.6 is 0 Å². The van der Waals surface area contributed by atoms with Crippen LogP contribution in [0.15, 0.2) is 48.6 Å². The topological polar surface area (TPSA) is 72.8 Å². The Hall–Kier alpha value is -2.40. The van der Waals surface area contributed by atoms with E-state index in [4.69, 9.17) is 0 Å². The molecule has 1 unspecified atom stereocenters. The Kier molecular flexibility index (Phi) is 4.55. The summed E-state index contributed by atoms with van der Waals surface area (Å²) in [7, 11) is 0. The van der Waals surface area contributed by atoms with Crippen LogP contribution in [0.5, 0.6) is 0 Å². The van der Waals surface area contributed by atoms with Gasteiger partial charge in [-0.3, -0.25) is 0 Å². The van der Waals surface area contributed by atoms with Gasteiger partial charge < -0.3 is 14.6 Å². The van der Waals surface area contributed by atoms with E-state index in [9.17, 15) is 14.7 Å². The van der Waals surface area contributed by atoms with Gasteiger partial charge in [-0.2, -0.15) is 0 Å². The van der Waals surface area contributed by atoms with Crippen molar-refractivity contribution in [3.63, 3.8) is 0 Å². The minimum absolute atomic E-state index is 0.0337. The smallest absolute Gasteiger partial charge is 0.434 e. The predicted octanol–water partition coefficient (Wildman–Crippen LogP) is 2.46. The van der Waals surface area contributed by atoms with Crippen molar-refractivity contribution in [3.05, 3.63) is 54.1 Å². The minimum atomic E-state index is -1.84. The average Bonchev–Trinajstić information content (AvgIpc) is 2.49. The van der Waals surface area contributed by atoms with E-state index in [0.717, 1.165) is 11.1 Å². The van der Waals surface area contributed by atoms with Crippen LogP contribution in [0, 0.1) is 0 Å². The molecule has 0 aliphatic heterocycles. The summed E-state index contributed by atoms with van der Waals surface area (Å²) in [4.78, 5) is 22.9. The second-order valence-corrected chi connectivity index (χ2v) is 4.56. The first kappa shape index (κ1) is 15.0. The Morgan fingerprint density at radius 3 is 2.57 bits per heavy atom. The number of carbonyl (C=O) groups is 2. The van der Waals surface area contributed by atoms with E-state index in [1.165, 1.54) is 6.08 Å². The van der Waals surface area contributed by atoms with E-state index in [1.54, 1.807) is 19.1 Å². The molecule has 0 radical (unpaired) electrons. The second-order valence-electron chi connectivity index (χ2n) is 4.56. The van der Waals surface area contributed by atoms with Crippen molar-refractivity contribution in [2.24, 2.45) is 0 Å². The number of aliphatic hydroxyl groups is 1. The summed E-state index contributed by atoms with van der Waals surface area (Å²) in [6, 6.07) is 9.57. The second kappa shape index (κ2) is 6.37. The standard InChI is InChI=1S/C16H16O5/c1-2-20-15(18)21-14(17)16(19)10-8-13(9-11-16)12-6-4-3-5-7-12/h3-10,19H,2,11H2,1H3. The summed E-state index contributed by atoms with van der Waals surface area (Å²) >= 11 is 0. The molecule has 2 rings (SSSR count). The van der Waals surface area contributed by atoms with Gasteiger partial charge in [0.2, 0.25) is 0 Å². The average molecular weight is 288 g/mol. The molecule has 110 valence electrons. The molecule has 1 aliphatic carbocycles. The lowest BCUT2D eigenvalue weighted by Gasteiger charge is -2.23. The molecule has 0 heterocycles. The first-order valence-corrected chi connectivity index (χ1v) is 6.61. The molecule has 0 amide bonds. The van der Waals surface area contributed by atoms with Gasteiger partial charge in [0.05, 0.1) is 6.61 Å². The summed E-state index contributed by atoms with van der Waals surface area (Å²) in [5.74, 6) is -1.04. The largest absolute Gasteiger partial charge is 0.516 e. The van der Waals surface area contributed by atoms with Crippen molar-refractivity contribution < 1.29 is 24.2 Å². The number of rotatable bonds is 3. The Morgan fingerprint density at radius 2 is 2.00 bits per heavy atom. The molecular formula is C16H16O5. The fraction of sp³-hybridized carbons (Fsp3) is 0.250. The van der Waals surface area contributed by atoms with E-state index < -0.39 is 17.7 Å². The first-order chi connectivity index (χ1) is 10.0. The van der Waals surface area contributed by atoms with Gasteiger partial charge in [-0.05, 0) is 24.1 Å². The highest BCUT2D eigenvalue weighted by atomic mass is 16.7. The maximum absolute atomic E-state index is 11.8. The lowest BCUT2D eigenvalue weighted by Crippen LogP contribution is -2.40. The van der Waals surface area contributed by atoms with E-state index in [1.807, 2.05) is 30.3 Å². The predicted molar refractivity (Wildman–Crippen MR) is 76.2 cm³/mol. The molecule has 5 nitrogen and oxygen atoms in total. The van der Waals surface area contributed by atoms with Crippen LogP contribution in [0.25, 0.3) is 5.57 Å². The van der Waals surface area contributed by atoms with Gasteiger partial charge in [-0.1, -0.05) is 42.5 Å². The van der Waals surface area contributed by atoms with Crippen LogP contribution in [-0.4, -0.2) is 29.4 Å². The number of esters is 1. The molecule has 5 heteroatoms. The number of allylic oxidation sites excluding steroid dienone is 2. The summed E-state index contributed by atoms with van der Waals surface area (Å²) < 4.78 is 8.95. The highest BCUT2D eigenvalue weighted by molar-refractivity contribution is 5.91. The molecule has 0 aromatic heterocycles. The minimum Gasteiger partial charge on any atom is -0.434 e. The summed E-state index contributed by atoms with van der Waals surface area (Å²) in [5, 5.41) is 10.2. The van der Waals surface area contributed by atoms with Crippen molar-refractivity contribution in [2.75, 3.05) is 6.61 Å². The number of benzene rings is 1. The van der Waals surface area contributed by atoms with Gasteiger partial charge in [-0.15, -0.1) is 0 Å². The Morgan fingerprint density at radius 1 is 1.29 bits per heavy atom. The molecule has 1 aromatic rings. The van der Waals surface area contributed by atoms with Crippen LogP contribution in [0.4, 0.5) is 4.79 Å². The third kappa shape index (κ3) is 3.58. The van der Waals surface area contributed by atoms with Crippen molar-refractivity contribution in [3.8, 4) is 0 Å². The quantitative estimate of drug-likeness (QED) is 0.683. The lowest BCUT2D eigenvalue weighted by molar-refractivity contribution is -0.155. The van der Waals surface area contributed by atoms with Crippen LogP contribution < -0.4 is 0 Å². The molecule has 0 fully saturated rings. The molecule has 0 spiro atoms. The molecule has 0 saturated heterocycles. The molecule has 21 heavy (non-hydrogen) atoms. The molecule has 1 aromatic carbocycles. The van der Waals surface area contributed by atoms with Crippen molar-refractivity contribution in [1.29, 1.82) is 0 Å².